The number of nitrogen functional groups attached to an aromatic ring is 1. The van der Waals surface area contributed by atoms with Gasteiger partial charge in [-0.15, -0.1) is 0 Å². The molecule has 94 valence electrons. The predicted octanol–water partition coefficient (Wildman–Crippen LogP) is 3.20. The molecule has 0 bridgehead atoms. The summed E-state index contributed by atoms with van der Waals surface area (Å²) < 4.78 is 6.24. The second kappa shape index (κ2) is 5.42. The van der Waals surface area contributed by atoms with Crippen LogP contribution in [0.1, 0.15) is 5.56 Å². The van der Waals surface area contributed by atoms with Gasteiger partial charge in [0, 0.05) is 21.3 Å². The van der Waals surface area contributed by atoms with Crippen molar-refractivity contribution in [3.63, 3.8) is 0 Å². The monoisotopic (exact) mass is 307 g/mol. The maximum absolute atomic E-state index is 9.47. The van der Waals surface area contributed by atoms with E-state index in [0.717, 1.165) is 21.2 Å². The summed E-state index contributed by atoms with van der Waals surface area (Å²) in [4.78, 5) is 0. The summed E-state index contributed by atoms with van der Waals surface area (Å²) >= 11 is 3.49. The van der Waals surface area contributed by atoms with Gasteiger partial charge in [0.2, 0.25) is 0 Å². The lowest BCUT2D eigenvalue weighted by atomic mass is 9.97. The van der Waals surface area contributed by atoms with E-state index in [0.29, 0.717) is 11.4 Å². The van der Waals surface area contributed by atoms with Gasteiger partial charge in [-0.2, -0.15) is 0 Å². The molecule has 0 heterocycles. The van der Waals surface area contributed by atoms with Gasteiger partial charge in [0.25, 0.3) is 0 Å². The minimum absolute atomic E-state index is 0.0622. The molecule has 0 unspecified atom stereocenters. The lowest BCUT2D eigenvalue weighted by Gasteiger charge is -2.16. The number of ether oxygens (including phenoxy) is 1. The Kier molecular flexibility index (Phi) is 3.89. The number of rotatable bonds is 3. The van der Waals surface area contributed by atoms with E-state index in [2.05, 4.69) is 15.9 Å². The topological polar surface area (TPSA) is 55.5 Å². The Labute approximate surface area is 114 Å². The summed E-state index contributed by atoms with van der Waals surface area (Å²) in [5.41, 5.74) is 9.13. The van der Waals surface area contributed by atoms with Crippen LogP contribution in [0.25, 0.3) is 11.1 Å². The Bertz CT molecular complexity index is 527. The molecule has 3 N–H and O–H groups in total. The molecular weight excluding hydrogens is 294 g/mol. The summed E-state index contributed by atoms with van der Waals surface area (Å²) in [5, 5.41) is 9.47. The van der Waals surface area contributed by atoms with E-state index < -0.39 is 0 Å². The third-order valence-electron chi connectivity index (χ3n) is 2.80. The summed E-state index contributed by atoms with van der Waals surface area (Å²) in [6.07, 6.45) is 0. The third-order valence-corrected chi connectivity index (χ3v) is 3.46. The number of aliphatic hydroxyl groups excluding tert-OH is 1. The van der Waals surface area contributed by atoms with Gasteiger partial charge < -0.3 is 15.6 Å². The average molecular weight is 308 g/mol. The Balaban J connectivity index is 2.77. The van der Waals surface area contributed by atoms with Gasteiger partial charge in [-0.3, -0.25) is 0 Å². The first-order valence-corrected chi connectivity index (χ1v) is 6.29. The van der Waals surface area contributed by atoms with E-state index in [1.165, 1.54) is 0 Å². The molecule has 0 aliphatic rings. The molecule has 2 rings (SSSR count). The number of hydrogen-bond donors (Lipinski definition) is 2. The molecule has 0 aromatic heterocycles. The molecule has 0 amide bonds. The second-order valence-electron chi connectivity index (χ2n) is 3.86. The van der Waals surface area contributed by atoms with E-state index in [1.807, 2.05) is 36.4 Å². The van der Waals surface area contributed by atoms with Gasteiger partial charge >= 0.3 is 0 Å². The van der Waals surface area contributed by atoms with Crippen molar-refractivity contribution < 1.29 is 9.84 Å². The van der Waals surface area contributed by atoms with Gasteiger partial charge in [0.05, 0.1) is 13.7 Å². The smallest absolute Gasteiger partial charge is 0.127 e. The van der Waals surface area contributed by atoms with E-state index in [1.54, 1.807) is 7.11 Å². The van der Waals surface area contributed by atoms with Crippen LogP contribution in [0.2, 0.25) is 0 Å². The lowest BCUT2D eigenvalue weighted by molar-refractivity contribution is 0.281. The van der Waals surface area contributed by atoms with Crippen molar-refractivity contribution in [2.75, 3.05) is 12.8 Å². The standard InChI is InChI=1S/C14H14BrNO2/c1-18-12-7-2-4-9(8-17)13(12)14-10(15)5-3-6-11(14)16/h2-7,17H,8,16H2,1H3. The highest BCUT2D eigenvalue weighted by molar-refractivity contribution is 9.10. The number of nitrogens with two attached hydrogens (primary N) is 1. The van der Waals surface area contributed by atoms with E-state index >= 15 is 0 Å². The number of halogens is 1. The Morgan fingerprint density at radius 1 is 1.17 bits per heavy atom. The molecule has 0 saturated heterocycles. The van der Waals surface area contributed by atoms with Crippen LogP contribution in [0.4, 0.5) is 5.69 Å². The van der Waals surface area contributed by atoms with Crippen LogP contribution in [-0.2, 0) is 6.61 Å². The zero-order valence-corrected chi connectivity index (χ0v) is 11.6. The van der Waals surface area contributed by atoms with Crippen molar-refractivity contribution in [3.8, 4) is 16.9 Å². The molecule has 0 spiro atoms. The molecule has 0 saturated carbocycles. The van der Waals surface area contributed by atoms with E-state index in [9.17, 15) is 5.11 Å². The van der Waals surface area contributed by atoms with Crippen molar-refractivity contribution in [2.24, 2.45) is 0 Å². The quantitative estimate of drug-likeness (QED) is 0.856. The number of anilines is 1. The van der Waals surface area contributed by atoms with Crippen LogP contribution in [0.15, 0.2) is 40.9 Å². The van der Waals surface area contributed by atoms with Crippen LogP contribution in [0.5, 0.6) is 5.75 Å². The molecule has 4 heteroatoms. The first-order valence-electron chi connectivity index (χ1n) is 5.50. The highest BCUT2D eigenvalue weighted by Crippen LogP contribution is 2.41. The molecule has 0 radical (unpaired) electrons. The molecular formula is C14H14BrNO2. The predicted molar refractivity (Wildman–Crippen MR) is 76.5 cm³/mol. The first-order chi connectivity index (χ1) is 8.69. The number of benzene rings is 2. The van der Waals surface area contributed by atoms with E-state index in [4.69, 9.17) is 10.5 Å². The van der Waals surface area contributed by atoms with Crippen molar-refractivity contribution in [2.45, 2.75) is 6.61 Å². The molecule has 18 heavy (non-hydrogen) atoms. The fourth-order valence-corrected chi connectivity index (χ4v) is 2.55. The molecule has 2 aromatic carbocycles. The molecule has 0 aliphatic heterocycles. The van der Waals surface area contributed by atoms with Crippen molar-refractivity contribution in [1.29, 1.82) is 0 Å². The Morgan fingerprint density at radius 3 is 2.50 bits per heavy atom. The van der Waals surface area contributed by atoms with Crippen molar-refractivity contribution >= 4 is 21.6 Å². The van der Waals surface area contributed by atoms with Crippen LogP contribution in [0, 0.1) is 0 Å². The van der Waals surface area contributed by atoms with Crippen molar-refractivity contribution in [1.82, 2.24) is 0 Å². The van der Waals surface area contributed by atoms with Gasteiger partial charge in [-0.25, -0.2) is 0 Å². The van der Waals surface area contributed by atoms with Crippen molar-refractivity contribution in [3.05, 3.63) is 46.4 Å². The summed E-state index contributed by atoms with van der Waals surface area (Å²) in [7, 11) is 1.60. The van der Waals surface area contributed by atoms with Crippen LogP contribution in [-0.4, -0.2) is 12.2 Å². The molecule has 0 atom stereocenters. The number of hydrogen-bond acceptors (Lipinski definition) is 3. The van der Waals surface area contributed by atoms with E-state index in [-0.39, 0.29) is 6.61 Å². The minimum Gasteiger partial charge on any atom is -0.496 e. The molecule has 0 aliphatic carbocycles. The SMILES string of the molecule is COc1cccc(CO)c1-c1c(N)cccc1Br. The van der Waals surface area contributed by atoms with Crippen LogP contribution < -0.4 is 10.5 Å². The summed E-state index contributed by atoms with van der Waals surface area (Å²) in [6, 6.07) is 11.2. The first kappa shape index (κ1) is 12.9. The fourth-order valence-electron chi connectivity index (χ4n) is 1.97. The largest absolute Gasteiger partial charge is 0.496 e. The van der Waals surface area contributed by atoms with Gasteiger partial charge in [-0.05, 0) is 23.8 Å². The molecule has 0 fully saturated rings. The second-order valence-corrected chi connectivity index (χ2v) is 4.71. The zero-order valence-electron chi connectivity index (χ0n) is 9.98. The summed E-state index contributed by atoms with van der Waals surface area (Å²) in [5.74, 6) is 0.695. The maximum Gasteiger partial charge on any atom is 0.127 e. The summed E-state index contributed by atoms with van der Waals surface area (Å²) in [6.45, 7) is -0.0622. The number of methoxy groups -OCH3 is 1. The third kappa shape index (κ3) is 2.21. The molecule has 3 nitrogen and oxygen atoms in total. The highest BCUT2D eigenvalue weighted by atomic mass is 79.9. The lowest BCUT2D eigenvalue weighted by Crippen LogP contribution is -1.98. The van der Waals surface area contributed by atoms with Crippen LogP contribution in [0.3, 0.4) is 0 Å². The van der Waals surface area contributed by atoms with Crippen LogP contribution >= 0.6 is 15.9 Å². The highest BCUT2D eigenvalue weighted by Gasteiger charge is 2.15. The maximum atomic E-state index is 9.47. The molecule has 2 aromatic rings. The van der Waals surface area contributed by atoms with Gasteiger partial charge in [0.1, 0.15) is 5.75 Å². The van der Waals surface area contributed by atoms with Gasteiger partial charge in [-0.1, -0.05) is 34.1 Å². The Morgan fingerprint density at radius 2 is 1.89 bits per heavy atom. The average Bonchev–Trinajstić information content (AvgIpc) is 2.38. The Hall–Kier alpha value is -1.52. The number of aliphatic hydroxyl groups is 1. The minimum atomic E-state index is -0.0622. The van der Waals surface area contributed by atoms with Gasteiger partial charge in [0.15, 0.2) is 0 Å². The normalized spacial score (nSPS) is 10.4. The fraction of sp³-hybridized carbons (Fsp3) is 0.143. The zero-order chi connectivity index (χ0) is 13.1.